The average Bonchev–Trinajstić information content (AvgIpc) is 3.42. The Bertz CT molecular complexity index is 1120. The highest BCUT2D eigenvalue weighted by atomic mass is 19.1. The van der Waals surface area contributed by atoms with E-state index in [0.29, 0.717) is 12.2 Å². The van der Waals surface area contributed by atoms with Crippen molar-refractivity contribution in [2.45, 2.75) is 25.8 Å². The first kappa shape index (κ1) is 20.7. The van der Waals surface area contributed by atoms with Crippen LogP contribution in [0.5, 0.6) is 0 Å². The Morgan fingerprint density at radius 3 is 2.56 bits per heavy atom. The number of para-hydroxylation sites is 1. The van der Waals surface area contributed by atoms with E-state index in [4.69, 9.17) is 0 Å². The van der Waals surface area contributed by atoms with E-state index >= 15 is 0 Å². The third-order valence-corrected chi connectivity index (χ3v) is 6.49. The third-order valence-electron chi connectivity index (χ3n) is 6.49. The van der Waals surface area contributed by atoms with Gasteiger partial charge in [-0.25, -0.2) is 9.07 Å². The summed E-state index contributed by atoms with van der Waals surface area (Å²) < 4.78 is 15.2. The number of carbonyl (C=O) groups is 1. The number of likely N-dealkylation sites (N-methyl/N-ethyl adjacent to an activating group) is 1. The number of rotatable bonds is 5. The molecule has 0 bridgehead atoms. The number of anilines is 1. The predicted octanol–water partition coefficient (Wildman–Crippen LogP) is 3.18. The highest BCUT2D eigenvalue weighted by Gasteiger charge is 2.27. The number of nitrogens with zero attached hydrogens (tertiary/aromatic N) is 4. The van der Waals surface area contributed by atoms with E-state index in [1.165, 1.54) is 17.8 Å². The van der Waals surface area contributed by atoms with Gasteiger partial charge in [-0.2, -0.15) is 5.10 Å². The number of piperazine rings is 1. The van der Waals surface area contributed by atoms with Crippen LogP contribution < -0.4 is 10.2 Å². The Morgan fingerprint density at radius 2 is 1.78 bits per heavy atom. The quantitative estimate of drug-likeness (QED) is 0.672. The normalized spacial score (nSPS) is 16.2. The van der Waals surface area contributed by atoms with Gasteiger partial charge in [0.25, 0.3) is 5.91 Å². The summed E-state index contributed by atoms with van der Waals surface area (Å²) in [5, 5.41) is 7.73. The zero-order chi connectivity index (χ0) is 22.1. The maximum atomic E-state index is 13.4. The van der Waals surface area contributed by atoms with Gasteiger partial charge in [0, 0.05) is 49.7 Å². The van der Waals surface area contributed by atoms with Crippen molar-refractivity contribution in [2.75, 3.05) is 38.1 Å². The molecule has 2 aromatic carbocycles. The van der Waals surface area contributed by atoms with Crippen LogP contribution in [0.3, 0.4) is 0 Å². The van der Waals surface area contributed by atoms with Crippen molar-refractivity contribution in [3.05, 3.63) is 76.9 Å². The maximum Gasteiger partial charge on any atom is 0.272 e. The number of hydrogen-bond acceptors (Lipinski definition) is 4. The highest BCUT2D eigenvalue weighted by molar-refractivity contribution is 5.94. The van der Waals surface area contributed by atoms with Gasteiger partial charge in [0.2, 0.25) is 0 Å². The number of halogens is 1. The first-order valence-electron chi connectivity index (χ1n) is 11.3. The summed E-state index contributed by atoms with van der Waals surface area (Å²) >= 11 is 0. The Balaban J connectivity index is 1.35. The molecule has 7 heteroatoms. The van der Waals surface area contributed by atoms with Crippen LogP contribution in [-0.4, -0.2) is 53.8 Å². The molecule has 0 radical (unpaired) electrons. The van der Waals surface area contributed by atoms with Crippen LogP contribution in [0.25, 0.3) is 5.69 Å². The van der Waals surface area contributed by atoms with Crippen molar-refractivity contribution >= 4 is 11.6 Å². The molecule has 1 fully saturated rings. The van der Waals surface area contributed by atoms with Crippen LogP contribution in [0, 0.1) is 5.82 Å². The van der Waals surface area contributed by atoms with Gasteiger partial charge >= 0.3 is 0 Å². The zero-order valence-corrected chi connectivity index (χ0v) is 18.4. The Hall–Kier alpha value is -3.19. The fourth-order valence-electron chi connectivity index (χ4n) is 4.69. The van der Waals surface area contributed by atoms with E-state index < -0.39 is 0 Å². The molecule has 0 atom stereocenters. The standard InChI is InChI=1S/C25H28FN5O/c1-29-13-15-30(16-14-29)22-7-3-2-5-18(22)17-27-25(32)24-21-6-4-8-23(21)31(28-24)20-11-9-19(26)10-12-20/h2-3,5,7,9-12H,4,6,8,13-17H2,1H3,(H,27,32). The predicted molar refractivity (Wildman–Crippen MR) is 123 cm³/mol. The Labute approximate surface area is 187 Å². The molecule has 32 heavy (non-hydrogen) atoms. The van der Waals surface area contributed by atoms with Gasteiger partial charge in [-0.3, -0.25) is 4.79 Å². The van der Waals surface area contributed by atoms with Crippen molar-refractivity contribution in [3.8, 4) is 5.69 Å². The molecule has 5 rings (SSSR count). The molecule has 2 aliphatic rings. The van der Waals surface area contributed by atoms with E-state index in [2.05, 4.69) is 45.5 Å². The first-order chi connectivity index (χ1) is 15.6. The monoisotopic (exact) mass is 433 g/mol. The molecule has 0 unspecified atom stereocenters. The SMILES string of the molecule is CN1CCN(c2ccccc2CNC(=O)c2nn(-c3ccc(F)cc3)c3c2CCC3)CC1. The molecular formula is C25H28FN5O. The second-order valence-corrected chi connectivity index (χ2v) is 8.62. The van der Waals surface area contributed by atoms with E-state index in [0.717, 1.165) is 67.9 Å². The molecular weight excluding hydrogens is 405 g/mol. The summed E-state index contributed by atoms with van der Waals surface area (Å²) in [6.07, 6.45) is 2.72. The lowest BCUT2D eigenvalue weighted by atomic mass is 10.1. The summed E-state index contributed by atoms with van der Waals surface area (Å²) in [6, 6.07) is 14.5. The molecule has 0 saturated carbocycles. The van der Waals surface area contributed by atoms with Crippen LogP contribution in [0.15, 0.2) is 48.5 Å². The second kappa shape index (κ2) is 8.74. The highest BCUT2D eigenvalue weighted by Crippen LogP contribution is 2.28. The molecule has 1 amide bonds. The maximum absolute atomic E-state index is 13.4. The largest absolute Gasteiger partial charge is 0.369 e. The van der Waals surface area contributed by atoms with E-state index in [1.807, 2.05) is 6.07 Å². The van der Waals surface area contributed by atoms with Gasteiger partial charge in [0.1, 0.15) is 5.82 Å². The molecule has 1 aromatic heterocycles. The van der Waals surface area contributed by atoms with Crippen LogP contribution >= 0.6 is 0 Å². The number of aromatic nitrogens is 2. The molecule has 166 valence electrons. The average molecular weight is 434 g/mol. The van der Waals surface area contributed by atoms with Crippen LogP contribution in [0.1, 0.15) is 33.7 Å². The lowest BCUT2D eigenvalue weighted by Crippen LogP contribution is -2.45. The molecule has 3 aromatic rings. The van der Waals surface area contributed by atoms with Gasteiger partial charge in [0.05, 0.1) is 5.69 Å². The third kappa shape index (κ3) is 4.00. The Morgan fingerprint density at radius 1 is 1.03 bits per heavy atom. The summed E-state index contributed by atoms with van der Waals surface area (Å²) in [7, 11) is 2.15. The van der Waals surface area contributed by atoms with Gasteiger partial charge in [-0.15, -0.1) is 0 Å². The van der Waals surface area contributed by atoms with E-state index in [9.17, 15) is 9.18 Å². The van der Waals surface area contributed by atoms with Crippen molar-refractivity contribution in [3.63, 3.8) is 0 Å². The van der Waals surface area contributed by atoms with E-state index in [1.54, 1.807) is 16.8 Å². The number of carbonyl (C=O) groups excluding carboxylic acids is 1. The number of amides is 1. The van der Waals surface area contributed by atoms with Crippen LogP contribution in [0.2, 0.25) is 0 Å². The molecule has 0 spiro atoms. The minimum Gasteiger partial charge on any atom is -0.369 e. The molecule has 1 aliphatic carbocycles. The van der Waals surface area contributed by atoms with Crippen molar-refractivity contribution in [2.24, 2.45) is 0 Å². The van der Waals surface area contributed by atoms with Gasteiger partial charge in [-0.1, -0.05) is 18.2 Å². The number of hydrogen-bond donors (Lipinski definition) is 1. The summed E-state index contributed by atoms with van der Waals surface area (Å²) in [6.45, 7) is 4.49. The van der Waals surface area contributed by atoms with Crippen LogP contribution in [0.4, 0.5) is 10.1 Å². The first-order valence-corrected chi connectivity index (χ1v) is 11.3. The molecule has 1 saturated heterocycles. The second-order valence-electron chi connectivity index (χ2n) is 8.62. The van der Waals surface area contributed by atoms with Crippen molar-refractivity contribution in [1.82, 2.24) is 20.0 Å². The van der Waals surface area contributed by atoms with Crippen LogP contribution in [-0.2, 0) is 19.4 Å². The molecule has 1 N–H and O–H groups in total. The minimum absolute atomic E-state index is 0.155. The smallest absolute Gasteiger partial charge is 0.272 e. The minimum atomic E-state index is -0.283. The van der Waals surface area contributed by atoms with Crippen molar-refractivity contribution in [1.29, 1.82) is 0 Å². The van der Waals surface area contributed by atoms with Gasteiger partial charge < -0.3 is 15.1 Å². The van der Waals surface area contributed by atoms with Gasteiger partial charge in [0.15, 0.2) is 5.69 Å². The number of benzene rings is 2. The number of nitrogens with one attached hydrogen (secondary N) is 1. The Kier molecular flexibility index (Phi) is 5.66. The molecule has 2 heterocycles. The summed E-state index contributed by atoms with van der Waals surface area (Å²) in [5.41, 5.74) is 5.63. The molecule has 6 nitrogen and oxygen atoms in total. The number of fused-ring (bicyclic) bond motifs is 1. The molecule has 1 aliphatic heterocycles. The zero-order valence-electron chi connectivity index (χ0n) is 18.4. The summed E-state index contributed by atoms with van der Waals surface area (Å²) in [4.78, 5) is 17.9. The summed E-state index contributed by atoms with van der Waals surface area (Å²) in [5.74, 6) is -0.438. The topological polar surface area (TPSA) is 53.4 Å². The lowest BCUT2D eigenvalue weighted by molar-refractivity contribution is 0.0944. The fraction of sp³-hybridized carbons (Fsp3) is 0.360. The van der Waals surface area contributed by atoms with Crippen molar-refractivity contribution < 1.29 is 9.18 Å². The lowest BCUT2D eigenvalue weighted by Gasteiger charge is -2.35. The van der Waals surface area contributed by atoms with Gasteiger partial charge in [-0.05, 0) is 62.2 Å². The van der Waals surface area contributed by atoms with E-state index in [-0.39, 0.29) is 11.7 Å². The fourth-order valence-corrected chi connectivity index (χ4v) is 4.69.